The van der Waals surface area contributed by atoms with E-state index >= 15 is 0 Å². The van der Waals surface area contributed by atoms with E-state index in [4.69, 9.17) is 9.47 Å². The minimum Gasteiger partial charge on any atom is -0.494 e. The highest BCUT2D eigenvalue weighted by Gasteiger charge is 2.15. The fraction of sp³-hybridized carbons (Fsp3) is 0.588. The van der Waals surface area contributed by atoms with Crippen LogP contribution in [0.3, 0.4) is 0 Å². The van der Waals surface area contributed by atoms with Crippen molar-refractivity contribution in [2.75, 3.05) is 18.5 Å². The van der Waals surface area contributed by atoms with Gasteiger partial charge in [0.15, 0.2) is 0 Å². The zero-order chi connectivity index (χ0) is 15.9. The lowest BCUT2D eigenvalue weighted by molar-refractivity contribution is -0.152. The van der Waals surface area contributed by atoms with Crippen LogP contribution in [-0.4, -0.2) is 24.7 Å². The minimum atomic E-state index is -0.452. The fourth-order valence-electron chi connectivity index (χ4n) is 1.63. The molecule has 0 amide bonds. The van der Waals surface area contributed by atoms with Crippen LogP contribution in [0.5, 0.6) is 5.75 Å². The van der Waals surface area contributed by atoms with E-state index in [-0.39, 0.29) is 12.5 Å². The summed E-state index contributed by atoms with van der Waals surface area (Å²) in [7, 11) is 0. The number of carbonyl (C=O) groups excluding carboxylic acids is 1. The maximum absolute atomic E-state index is 11.6. The molecule has 1 aromatic rings. The van der Waals surface area contributed by atoms with Gasteiger partial charge < -0.3 is 14.8 Å². The van der Waals surface area contributed by atoms with Gasteiger partial charge in [-0.15, -0.1) is 0 Å². The molecule has 1 aromatic carbocycles. The second kappa shape index (κ2) is 7.91. The Morgan fingerprint density at radius 1 is 1.19 bits per heavy atom. The lowest BCUT2D eigenvalue weighted by atomic mass is 10.1. The number of ether oxygens (including phenoxy) is 2. The highest BCUT2D eigenvalue weighted by Crippen LogP contribution is 2.16. The Balaban J connectivity index is 2.35. The Morgan fingerprint density at radius 3 is 2.33 bits per heavy atom. The van der Waals surface area contributed by atoms with Gasteiger partial charge in [-0.3, -0.25) is 4.79 Å². The molecule has 0 bridgehead atoms. The molecule has 21 heavy (non-hydrogen) atoms. The Labute approximate surface area is 127 Å². The van der Waals surface area contributed by atoms with Gasteiger partial charge in [-0.25, -0.2) is 0 Å². The molecule has 0 unspecified atom stereocenters. The Hall–Kier alpha value is -1.71. The van der Waals surface area contributed by atoms with Crippen LogP contribution >= 0.6 is 0 Å². The molecule has 0 aromatic heterocycles. The number of anilines is 1. The van der Waals surface area contributed by atoms with Gasteiger partial charge in [-0.05, 0) is 57.4 Å². The van der Waals surface area contributed by atoms with E-state index < -0.39 is 5.60 Å². The fourth-order valence-corrected chi connectivity index (χ4v) is 1.63. The molecule has 0 aliphatic carbocycles. The molecule has 0 aliphatic rings. The molecular formula is C17H27NO3. The van der Waals surface area contributed by atoms with E-state index in [0.717, 1.165) is 24.5 Å². The van der Waals surface area contributed by atoms with Gasteiger partial charge in [-0.1, -0.05) is 13.8 Å². The summed E-state index contributed by atoms with van der Waals surface area (Å²) in [5, 5.41) is 3.04. The van der Waals surface area contributed by atoms with Crippen molar-refractivity contribution in [1.29, 1.82) is 0 Å². The quantitative estimate of drug-likeness (QED) is 0.775. The monoisotopic (exact) mass is 293 g/mol. The number of carbonyl (C=O) groups is 1. The molecule has 0 spiro atoms. The molecule has 0 saturated heterocycles. The highest BCUT2D eigenvalue weighted by molar-refractivity contribution is 5.75. The lowest BCUT2D eigenvalue weighted by Crippen LogP contribution is -2.28. The van der Waals surface area contributed by atoms with Crippen LogP contribution in [0.4, 0.5) is 5.69 Å². The van der Waals surface area contributed by atoms with E-state index in [9.17, 15) is 4.79 Å². The number of rotatable bonds is 7. The summed E-state index contributed by atoms with van der Waals surface area (Å²) in [6, 6.07) is 7.60. The smallest absolute Gasteiger partial charge is 0.325 e. The zero-order valence-corrected chi connectivity index (χ0v) is 13.7. The summed E-state index contributed by atoms with van der Waals surface area (Å²) < 4.78 is 10.9. The number of benzene rings is 1. The molecule has 0 fully saturated rings. The van der Waals surface area contributed by atoms with Crippen molar-refractivity contribution in [2.24, 2.45) is 5.92 Å². The van der Waals surface area contributed by atoms with E-state index in [2.05, 4.69) is 19.2 Å². The summed E-state index contributed by atoms with van der Waals surface area (Å²) in [4.78, 5) is 11.6. The van der Waals surface area contributed by atoms with Crippen LogP contribution in [0.2, 0.25) is 0 Å². The largest absolute Gasteiger partial charge is 0.494 e. The molecule has 4 heteroatoms. The Kier molecular flexibility index (Phi) is 6.53. The molecule has 118 valence electrons. The normalized spacial score (nSPS) is 11.3. The van der Waals surface area contributed by atoms with Gasteiger partial charge in [0.05, 0.1) is 6.61 Å². The minimum absolute atomic E-state index is 0.158. The van der Waals surface area contributed by atoms with E-state index in [1.54, 1.807) is 0 Å². The summed E-state index contributed by atoms with van der Waals surface area (Å²) in [5.74, 6) is 1.22. The van der Waals surface area contributed by atoms with Crippen LogP contribution in [0.15, 0.2) is 24.3 Å². The molecular weight excluding hydrogens is 266 g/mol. The van der Waals surface area contributed by atoms with E-state index in [0.29, 0.717) is 5.92 Å². The van der Waals surface area contributed by atoms with Crippen molar-refractivity contribution < 1.29 is 14.3 Å². The van der Waals surface area contributed by atoms with Gasteiger partial charge in [0.2, 0.25) is 0 Å². The SMILES string of the molecule is CC(C)CCOc1ccc(NCC(=O)OC(C)(C)C)cc1. The average molecular weight is 293 g/mol. The summed E-state index contributed by atoms with van der Waals surface area (Å²) >= 11 is 0. The number of esters is 1. The third-order valence-corrected chi connectivity index (χ3v) is 2.68. The first-order chi connectivity index (χ1) is 9.76. The molecule has 4 nitrogen and oxygen atoms in total. The van der Waals surface area contributed by atoms with Crippen LogP contribution in [0.1, 0.15) is 41.0 Å². The van der Waals surface area contributed by atoms with Gasteiger partial charge in [0.25, 0.3) is 0 Å². The first-order valence-electron chi connectivity index (χ1n) is 7.45. The van der Waals surface area contributed by atoms with Crippen LogP contribution in [0, 0.1) is 5.92 Å². The summed E-state index contributed by atoms with van der Waals surface area (Å²) in [5.41, 5.74) is 0.421. The first-order valence-corrected chi connectivity index (χ1v) is 7.45. The Bertz CT molecular complexity index is 432. The van der Waals surface area contributed by atoms with Crippen molar-refractivity contribution in [3.8, 4) is 5.75 Å². The Morgan fingerprint density at radius 2 is 1.81 bits per heavy atom. The molecule has 0 heterocycles. The standard InChI is InChI=1S/C17H27NO3/c1-13(2)10-11-20-15-8-6-14(7-9-15)18-12-16(19)21-17(3,4)5/h6-9,13,18H,10-12H2,1-5H3. The maximum atomic E-state index is 11.6. The van der Waals surface area contributed by atoms with Gasteiger partial charge in [0, 0.05) is 5.69 Å². The average Bonchev–Trinajstić information content (AvgIpc) is 2.35. The molecule has 0 saturated carbocycles. The molecule has 0 atom stereocenters. The van der Waals surface area contributed by atoms with Crippen molar-refractivity contribution in [1.82, 2.24) is 0 Å². The molecule has 1 N–H and O–H groups in total. The van der Waals surface area contributed by atoms with E-state index in [1.807, 2.05) is 45.0 Å². The van der Waals surface area contributed by atoms with Gasteiger partial charge in [0.1, 0.15) is 17.9 Å². The van der Waals surface area contributed by atoms with E-state index in [1.165, 1.54) is 0 Å². The summed E-state index contributed by atoms with van der Waals surface area (Å²) in [6.07, 6.45) is 1.04. The predicted molar refractivity (Wildman–Crippen MR) is 85.7 cm³/mol. The van der Waals surface area contributed by atoms with Crippen molar-refractivity contribution in [3.05, 3.63) is 24.3 Å². The van der Waals surface area contributed by atoms with Crippen molar-refractivity contribution in [3.63, 3.8) is 0 Å². The summed E-state index contributed by atoms with van der Waals surface area (Å²) in [6.45, 7) is 10.8. The molecule has 0 radical (unpaired) electrons. The number of nitrogens with one attached hydrogen (secondary N) is 1. The zero-order valence-electron chi connectivity index (χ0n) is 13.7. The van der Waals surface area contributed by atoms with Crippen LogP contribution < -0.4 is 10.1 Å². The third-order valence-electron chi connectivity index (χ3n) is 2.68. The third kappa shape index (κ3) is 8.23. The van der Waals surface area contributed by atoms with Gasteiger partial charge in [-0.2, -0.15) is 0 Å². The van der Waals surface area contributed by atoms with Gasteiger partial charge >= 0.3 is 5.97 Å². The lowest BCUT2D eigenvalue weighted by Gasteiger charge is -2.19. The molecule has 0 aliphatic heterocycles. The molecule has 1 rings (SSSR count). The second-order valence-corrected chi connectivity index (χ2v) is 6.50. The van der Waals surface area contributed by atoms with Crippen LogP contribution in [0.25, 0.3) is 0 Å². The highest BCUT2D eigenvalue weighted by atomic mass is 16.6. The van der Waals surface area contributed by atoms with Crippen molar-refractivity contribution >= 4 is 11.7 Å². The predicted octanol–water partition coefficient (Wildman–Crippen LogP) is 3.87. The second-order valence-electron chi connectivity index (χ2n) is 6.50. The van der Waals surface area contributed by atoms with Crippen LogP contribution in [-0.2, 0) is 9.53 Å². The number of hydrogen-bond donors (Lipinski definition) is 1. The topological polar surface area (TPSA) is 47.6 Å². The number of hydrogen-bond acceptors (Lipinski definition) is 4. The van der Waals surface area contributed by atoms with Crippen molar-refractivity contribution in [2.45, 2.75) is 46.6 Å². The maximum Gasteiger partial charge on any atom is 0.325 e. The first kappa shape index (κ1) is 17.3.